The molecule has 7 heteroatoms. The van der Waals surface area contributed by atoms with E-state index in [1.54, 1.807) is 41.2 Å². The van der Waals surface area contributed by atoms with Gasteiger partial charge in [-0.3, -0.25) is 10.1 Å². The van der Waals surface area contributed by atoms with Crippen molar-refractivity contribution in [3.8, 4) is 0 Å². The Morgan fingerprint density at radius 2 is 2.04 bits per heavy atom. The first-order chi connectivity index (χ1) is 11.5. The molecule has 6 nitrogen and oxygen atoms in total. The predicted octanol–water partition coefficient (Wildman–Crippen LogP) is 2.87. The number of nitrogens with zero attached hydrogens (tertiary/aromatic N) is 2. The van der Waals surface area contributed by atoms with Gasteiger partial charge in [-0.15, -0.1) is 6.58 Å². The van der Waals surface area contributed by atoms with Crippen LogP contribution in [0.3, 0.4) is 0 Å². The highest BCUT2D eigenvalue weighted by Crippen LogP contribution is 2.21. The van der Waals surface area contributed by atoms with Gasteiger partial charge in [-0.1, -0.05) is 36.5 Å². The minimum Gasteiger partial charge on any atom is -0.502 e. The molecule has 0 unspecified atom stereocenters. The number of aliphatic hydroxyl groups excluding tert-OH is 1. The largest absolute Gasteiger partial charge is 0.502 e. The van der Waals surface area contributed by atoms with Crippen molar-refractivity contribution in [2.45, 2.75) is 0 Å². The van der Waals surface area contributed by atoms with Gasteiger partial charge in [0, 0.05) is 36.4 Å². The SMILES string of the molecule is C=CCNC(=S)/C(=C(\O)c1cccc([N+](=O)[O-])c1)[n+]1ccccc1. The molecule has 122 valence electrons. The molecule has 1 heterocycles. The second kappa shape index (κ2) is 7.98. The zero-order valence-electron chi connectivity index (χ0n) is 12.8. The third-order valence-corrected chi connectivity index (χ3v) is 3.49. The average Bonchev–Trinajstić information content (AvgIpc) is 2.61. The Morgan fingerprint density at radius 3 is 2.67 bits per heavy atom. The molecular weight excluding hydrogens is 326 g/mol. The normalized spacial score (nSPS) is 11.3. The van der Waals surface area contributed by atoms with Crippen LogP contribution in [0.5, 0.6) is 0 Å². The van der Waals surface area contributed by atoms with E-state index >= 15 is 0 Å². The summed E-state index contributed by atoms with van der Waals surface area (Å²) >= 11 is 5.35. The topological polar surface area (TPSA) is 79.3 Å². The number of non-ortho nitro benzene ring substituents is 1. The molecule has 1 aromatic heterocycles. The fourth-order valence-corrected chi connectivity index (χ4v) is 2.33. The van der Waals surface area contributed by atoms with Gasteiger partial charge in [0.15, 0.2) is 23.1 Å². The molecule has 2 aromatic rings. The van der Waals surface area contributed by atoms with Crippen LogP contribution >= 0.6 is 12.2 Å². The molecule has 0 amide bonds. The monoisotopic (exact) mass is 342 g/mol. The van der Waals surface area contributed by atoms with Crippen molar-refractivity contribution >= 4 is 34.3 Å². The molecule has 2 N–H and O–H groups in total. The Bertz CT molecular complexity index is 804. The number of rotatable bonds is 6. The van der Waals surface area contributed by atoms with E-state index in [2.05, 4.69) is 11.9 Å². The number of aliphatic hydroxyl groups is 1. The number of hydrogen-bond acceptors (Lipinski definition) is 4. The van der Waals surface area contributed by atoms with Crippen molar-refractivity contribution < 1.29 is 14.6 Å². The maximum Gasteiger partial charge on any atom is 0.288 e. The molecule has 0 radical (unpaired) electrons. The van der Waals surface area contributed by atoms with Crippen LogP contribution in [0.2, 0.25) is 0 Å². The lowest BCUT2D eigenvalue weighted by atomic mass is 10.1. The van der Waals surface area contributed by atoms with Gasteiger partial charge in [-0.25, -0.2) is 0 Å². The van der Waals surface area contributed by atoms with Crippen LogP contribution in [-0.4, -0.2) is 21.6 Å². The van der Waals surface area contributed by atoms with Gasteiger partial charge in [-0.05, 0) is 0 Å². The third kappa shape index (κ3) is 4.02. The third-order valence-electron chi connectivity index (χ3n) is 3.15. The molecule has 0 atom stereocenters. The summed E-state index contributed by atoms with van der Waals surface area (Å²) in [5.41, 5.74) is 0.521. The van der Waals surface area contributed by atoms with Crippen molar-refractivity contribution in [1.29, 1.82) is 0 Å². The van der Waals surface area contributed by atoms with E-state index in [1.165, 1.54) is 18.2 Å². The van der Waals surface area contributed by atoms with E-state index in [0.29, 0.717) is 22.8 Å². The summed E-state index contributed by atoms with van der Waals surface area (Å²) in [6.45, 7) is 4.04. The maximum absolute atomic E-state index is 10.9. The zero-order chi connectivity index (χ0) is 17.5. The molecule has 0 saturated heterocycles. The molecule has 0 fully saturated rings. The zero-order valence-corrected chi connectivity index (χ0v) is 13.6. The molecule has 0 aliphatic heterocycles. The van der Waals surface area contributed by atoms with Crippen molar-refractivity contribution in [2.24, 2.45) is 0 Å². The number of hydrogen-bond donors (Lipinski definition) is 2. The number of nitrogens with one attached hydrogen (secondary N) is 1. The molecule has 0 spiro atoms. The van der Waals surface area contributed by atoms with Crippen LogP contribution < -0.4 is 9.88 Å². The Labute approximate surface area is 144 Å². The number of pyridine rings is 1. The minimum absolute atomic E-state index is 0.110. The van der Waals surface area contributed by atoms with Crippen LogP contribution in [0, 0.1) is 10.1 Å². The standard InChI is InChI=1S/C17H15N3O3S/c1-2-9-18-17(24)15(19-10-4-3-5-11-19)16(21)13-7-6-8-14(12-13)20(22)23/h2-8,10-12H,1,9H2,(H-,18,21,24)/p+1. The predicted molar refractivity (Wildman–Crippen MR) is 96.3 cm³/mol. The summed E-state index contributed by atoms with van der Waals surface area (Å²) in [4.78, 5) is 10.7. The van der Waals surface area contributed by atoms with Gasteiger partial charge >= 0.3 is 0 Å². The lowest BCUT2D eigenvalue weighted by molar-refractivity contribution is -0.576. The highest BCUT2D eigenvalue weighted by molar-refractivity contribution is 7.81. The summed E-state index contributed by atoms with van der Waals surface area (Å²) in [5, 5.41) is 24.6. The van der Waals surface area contributed by atoms with Crippen LogP contribution in [0.4, 0.5) is 5.69 Å². The molecule has 0 aliphatic rings. The summed E-state index contributed by atoms with van der Waals surface area (Å²) in [6, 6.07) is 11.2. The van der Waals surface area contributed by atoms with Gasteiger partial charge in [-0.2, -0.15) is 4.57 Å². The second-order valence-electron chi connectivity index (χ2n) is 4.79. The first kappa shape index (κ1) is 17.3. The average molecular weight is 342 g/mol. The van der Waals surface area contributed by atoms with Crippen molar-refractivity contribution in [3.05, 3.63) is 83.2 Å². The summed E-state index contributed by atoms with van der Waals surface area (Å²) < 4.78 is 1.65. The molecule has 0 bridgehead atoms. The Morgan fingerprint density at radius 1 is 1.33 bits per heavy atom. The molecule has 0 saturated carbocycles. The first-order valence-corrected chi connectivity index (χ1v) is 7.49. The first-order valence-electron chi connectivity index (χ1n) is 7.08. The number of benzene rings is 1. The van der Waals surface area contributed by atoms with Gasteiger partial charge in [0.05, 0.1) is 4.92 Å². The molecule has 2 rings (SSSR count). The fraction of sp³-hybridized carbons (Fsp3) is 0.0588. The van der Waals surface area contributed by atoms with Crippen molar-refractivity contribution in [2.75, 3.05) is 6.54 Å². The van der Waals surface area contributed by atoms with Crippen LogP contribution in [0.15, 0.2) is 67.5 Å². The van der Waals surface area contributed by atoms with Crippen molar-refractivity contribution in [3.63, 3.8) is 0 Å². The number of nitro benzene ring substituents is 1. The highest BCUT2D eigenvalue weighted by Gasteiger charge is 2.23. The molecule has 1 aromatic carbocycles. The van der Waals surface area contributed by atoms with Gasteiger partial charge in [0.25, 0.3) is 11.4 Å². The van der Waals surface area contributed by atoms with Crippen LogP contribution in [-0.2, 0) is 0 Å². The van der Waals surface area contributed by atoms with Gasteiger partial charge in [0.1, 0.15) is 0 Å². The summed E-state index contributed by atoms with van der Waals surface area (Å²) in [7, 11) is 0. The fourth-order valence-electron chi connectivity index (χ4n) is 2.05. The van der Waals surface area contributed by atoms with Gasteiger partial charge in [0.2, 0.25) is 0 Å². The Hall–Kier alpha value is -3.06. The Kier molecular flexibility index (Phi) is 5.75. The number of thiocarbonyl (C=S) groups is 1. The van der Waals surface area contributed by atoms with E-state index in [1.807, 2.05) is 6.07 Å². The second-order valence-corrected chi connectivity index (χ2v) is 5.19. The molecule has 24 heavy (non-hydrogen) atoms. The van der Waals surface area contributed by atoms with E-state index in [-0.39, 0.29) is 11.4 Å². The van der Waals surface area contributed by atoms with Crippen LogP contribution in [0.1, 0.15) is 5.56 Å². The number of aromatic nitrogens is 1. The van der Waals surface area contributed by atoms with Crippen molar-refractivity contribution in [1.82, 2.24) is 5.32 Å². The van der Waals surface area contributed by atoms with E-state index in [9.17, 15) is 15.2 Å². The molecule has 0 aliphatic carbocycles. The van der Waals surface area contributed by atoms with Crippen LogP contribution in [0.25, 0.3) is 11.5 Å². The minimum atomic E-state index is -0.513. The van der Waals surface area contributed by atoms with E-state index in [4.69, 9.17) is 12.2 Å². The van der Waals surface area contributed by atoms with E-state index < -0.39 is 4.92 Å². The quantitative estimate of drug-likeness (QED) is 0.160. The highest BCUT2D eigenvalue weighted by atomic mass is 32.1. The lowest BCUT2D eigenvalue weighted by Gasteiger charge is -2.08. The summed E-state index contributed by atoms with van der Waals surface area (Å²) in [6.07, 6.45) is 5.10. The Balaban J connectivity index is 2.57. The summed E-state index contributed by atoms with van der Waals surface area (Å²) in [5.74, 6) is -0.156. The number of nitro groups is 1. The maximum atomic E-state index is 10.9. The lowest BCUT2D eigenvalue weighted by Crippen LogP contribution is -2.40. The van der Waals surface area contributed by atoms with E-state index in [0.717, 1.165) is 0 Å². The smallest absolute Gasteiger partial charge is 0.288 e. The molecular formula is C17H16N3O3S+. The van der Waals surface area contributed by atoms with Gasteiger partial charge < -0.3 is 10.4 Å².